The molecule has 0 atom stereocenters. The Labute approximate surface area is 68.2 Å². The molecule has 1 aromatic rings. The minimum Gasteiger partial charge on any atom is -0.417 e. The lowest BCUT2D eigenvalue weighted by atomic mass is 10.3. The number of aromatic nitrogens is 1. The molecule has 0 unspecified atom stereocenters. The summed E-state index contributed by atoms with van der Waals surface area (Å²) in [6.45, 7) is -2.85. The summed E-state index contributed by atoms with van der Waals surface area (Å²) >= 11 is 0. The minimum absolute atomic E-state index is 0.135. The van der Waals surface area contributed by atoms with Crippen molar-refractivity contribution in [3.8, 4) is 18.2 Å². The van der Waals surface area contributed by atoms with Gasteiger partial charge in [0.05, 0.1) is 0 Å². The zero-order valence-electron chi connectivity index (χ0n) is 6.00. The van der Waals surface area contributed by atoms with Crippen molar-refractivity contribution in [1.82, 2.24) is 4.98 Å². The Hall–Kier alpha value is -1.63. The predicted octanol–water partition coefficient (Wildman–Crippen LogP) is 1.66. The molecular weight excluding hydrogens is 164 g/mol. The molecule has 0 fully saturated rings. The van der Waals surface area contributed by atoms with Gasteiger partial charge in [-0.05, 0) is 6.07 Å². The molecule has 0 aromatic carbocycles. The third-order valence-corrected chi connectivity index (χ3v) is 1.11. The number of hydrogen-bond donors (Lipinski definition) is 0. The summed E-state index contributed by atoms with van der Waals surface area (Å²) in [5.74, 6) is 2.17. The van der Waals surface area contributed by atoms with E-state index in [9.17, 15) is 8.78 Å². The van der Waals surface area contributed by atoms with Crippen molar-refractivity contribution in [3.63, 3.8) is 0 Å². The molecule has 0 amide bonds. The van der Waals surface area contributed by atoms with E-state index in [2.05, 4.69) is 15.6 Å². The molecule has 1 heterocycles. The maximum absolute atomic E-state index is 11.6. The molecule has 4 heteroatoms. The van der Waals surface area contributed by atoms with Gasteiger partial charge in [0.1, 0.15) is 0 Å². The SMILES string of the molecule is C#Cc1ccc(OC(F)F)nc1. The van der Waals surface area contributed by atoms with Crippen LogP contribution in [-0.2, 0) is 0 Å². The molecule has 0 N–H and O–H groups in total. The minimum atomic E-state index is -2.85. The second-order valence-corrected chi connectivity index (χ2v) is 1.91. The molecule has 0 spiro atoms. The first-order chi connectivity index (χ1) is 5.72. The number of alkyl halides is 2. The molecular formula is C8H5F2NO. The number of nitrogens with zero attached hydrogens (tertiary/aromatic N) is 1. The third-order valence-electron chi connectivity index (χ3n) is 1.11. The maximum atomic E-state index is 11.6. The van der Waals surface area contributed by atoms with E-state index in [-0.39, 0.29) is 5.88 Å². The monoisotopic (exact) mass is 169 g/mol. The van der Waals surface area contributed by atoms with Crippen LogP contribution < -0.4 is 4.74 Å². The van der Waals surface area contributed by atoms with Crippen molar-refractivity contribution in [2.24, 2.45) is 0 Å². The smallest absolute Gasteiger partial charge is 0.388 e. The van der Waals surface area contributed by atoms with Gasteiger partial charge in [0.25, 0.3) is 0 Å². The molecule has 0 saturated heterocycles. The molecule has 0 aliphatic carbocycles. The first-order valence-corrected chi connectivity index (χ1v) is 3.10. The quantitative estimate of drug-likeness (QED) is 0.628. The average Bonchev–Trinajstić information content (AvgIpc) is 2.05. The number of hydrogen-bond acceptors (Lipinski definition) is 2. The topological polar surface area (TPSA) is 22.1 Å². The third kappa shape index (κ3) is 2.20. The molecule has 1 rings (SSSR count). The Kier molecular flexibility index (Phi) is 2.59. The van der Waals surface area contributed by atoms with Crippen LogP contribution in [0.15, 0.2) is 18.3 Å². The highest BCUT2D eigenvalue weighted by Crippen LogP contribution is 2.09. The summed E-state index contributed by atoms with van der Waals surface area (Å²) in [5.41, 5.74) is 0.525. The predicted molar refractivity (Wildman–Crippen MR) is 38.8 cm³/mol. The Morgan fingerprint density at radius 1 is 1.50 bits per heavy atom. The molecule has 0 saturated carbocycles. The van der Waals surface area contributed by atoms with Crippen LogP contribution in [0.3, 0.4) is 0 Å². The number of terminal acetylenes is 1. The molecule has 62 valence electrons. The van der Waals surface area contributed by atoms with Crippen LogP contribution in [-0.4, -0.2) is 11.6 Å². The zero-order valence-corrected chi connectivity index (χ0v) is 6.00. The standard InChI is InChI=1S/C8H5F2NO/c1-2-6-3-4-7(11-5-6)12-8(9)10/h1,3-5,8H. The van der Waals surface area contributed by atoms with Gasteiger partial charge in [0.15, 0.2) is 0 Å². The van der Waals surface area contributed by atoms with Crippen molar-refractivity contribution < 1.29 is 13.5 Å². The summed E-state index contributed by atoms with van der Waals surface area (Å²) in [6, 6.07) is 2.77. The van der Waals surface area contributed by atoms with E-state index < -0.39 is 6.61 Å². The Morgan fingerprint density at radius 2 is 2.25 bits per heavy atom. The van der Waals surface area contributed by atoms with E-state index in [1.807, 2.05) is 0 Å². The number of halogens is 2. The van der Waals surface area contributed by atoms with Crippen molar-refractivity contribution >= 4 is 0 Å². The Balaban J connectivity index is 2.73. The van der Waals surface area contributed by atoms with Crippen LogP contribution in [0.4, 0.5) is 8.78 Å². The van der Waals surface area contributed by atoms with E-state index >= 15 is 0 Å². The fourth-order valence-corrected chi connectivity index (χ4v) is 0.627. The van der Waals surface area contributed by atoms with Gasteiger partial charge in [-0.1, -0.05) is 5.92 Å². The van der Waals surface area contributed by atoms with Crippen LogP contribution >= 0.6 is 0 Å². The molecule has 1 aromatic heterocycles. The van der Waals surface area contributed by atoms with E-state index in [1.54, 1.807) is 0 Å². The molecule has 2 nitrogen and oxygen atoms in total. The second-order valence-electron chi connectivity index (χ2n) is 1.91. The summed E-state index contributed by atoms with van der Waals surface area (Å²) in [6.07, 6.45) is 6.31. The van der Waals surface area contributed by atoms with Gasteiger partial charge in [-0.25, -0.2) is 4.98 Å². The molecule has 0 bridgehead atoms. The van der Waals surface area contributed by atoms with Crippen molar-refractivity contribution in [1.29, 1.82) is 0 Å². The highest BCUT2D eigenvalue weighted by atomic mass is 19.3. The highest BCUT2D eigenvalue weighted by Gasteiger charge is 2.03. The van der Waals surface area contributed by atoms with Crippen LogP contribution in [0.25, 0.3) is 0 Å². The maximum Gasteiger partial charge on any atom is 0.388 e. The van der Waals surface area contributed by atoms with Crippen LogP contribution in [0.5, 0.6) is 5.88 Å². The van der Waals surface area contributed by atoms with Gasteiger partial charge in [-0.2, -0.15) is 8.78 Å². The summed E-state index contributed by atoms with van der Waals surface area (Å²) < 4.78 is 27.2. The van der Waals surface area contributed by atoms with Crippen molar-refractivity contribution in [2.45, 2.75) is 6.61 Å². The zero-order chi connectivity index (χ0) is 8.97. The molecule has 0 aliphatic rings. The van der Waals surface area contributed by atoms with Gasteiger partial charge in [0.2, 0.25) is 5.88 Å². The first kappa shape index (κ1) is 8.47. The van der Waals surface area contributed by atoms with E-state index in [4.69, 9.17) is 6.42 Å². The van der Waals surface area contributed by atoms with Gasteiger partial charge in [-0.15, -0.1) is 6.42 Å². The van der Waals surface area contributed by atoms with Gasteiger partial charge in [0, 0.05) is 17.8 Å². The number of ether oxygens (including phenoxy) is 1. The Morgan fingerprint density at radius 3 is 2.67 bits per heavy atom. The lowest BCUT2D eigenvalue weighted by Gasteiger charge is -2.01. The normalized spacial score (nSPS) is 9.50. The summed E-state index contributed by atoms with van der Waals surface area (Å²) in [4.78, 5) is 3.54. The fourth-order valence-electron chi connectivity index (χ4n) is 0.627. The first-order valence-electron chi connectivity index (χ1n) is 3.10. The van der Waals surface area contributed by atoms with Crippen LogP contribution in [0, 0.1) is 12.3 Å². The van der Waals surface area contributed by atoms with Crippen LogP contribution in [0.1, 0.15) is 5.56 Å². The van der Waals surface area contributed by atoms with Crippen molar-refractivity contribution in [2.75, 3.05) is 0 Å². The largest absolute Gasteiger partial charge is 0.417 e. The molecule has 0 aliphatic heterocycles. The lowest BCUT2D eigenvalue weighted by molar-refractivity contribution is -0.0528. The average molecular weight is 169 g/mol. The van der Waals surface area contributed by atoms with Crippen molar-refractivity contribution in [3.05, 3.63) is 23.9 Å². The van der Waals surface area contributed by atoms with E-state index in [0.717, 1.165) is 0 Å². The Bertz CT molecular complexity index is 289. The summed E-state index contributed by atoms with van der Waals surface area (Å²) in [7, 11) is 0. The lowest BCUT2D eigenvalue weighted by Crippen LogP contribution is -2.03. The second kappa shape index (κ2) is 3.67. The van der Waals surface area contributed by atoms with E-state index in [0.29, 0.717) is 5.56 Å². The summed E-state index contributed by atoms with van der Waals surface area (Å²) in [5, 5.41) is 0. The highest BCUT2D eigenvalue weighted by molar-refractivity contribution is 5.31. The van der Waals surface area contributed by atoms with E-state index in [1.165, 1.54) is 18.3 Å². The van der Waals surface area contributed by atoms with Gasteiger partial charge < -0.3 is 4.74 Å². The van der Waals surface area contributed by atoms with Crippen LogP contribution in [0.2, 0.25) is 0 Å². The van der Waals surface area contributed by atoms with Gasteiger partial charge in [-0.3, -0.25) is 0 Å². The molecule has 12 heavy (non-hydrogen) atoms. The number of rotatable bonds is 2. The van der Waals surface area contributed by atoms with Gasteiger partial charge >= 0.3 is 6.61 Å². The molecule has 0 radical (unpaired) electrons. The number of pyridine rings is 1. The fraction of sp³-hybridized carbons (Fsp3) is 0.125.